The van der Waals surface area contributed by atoms with Crippen LogP contribution in [0.2, 0.25) is 0 Å². The normalized spacial score (nSPS) is 15.7. The second kappa shape index (κ2) is 6.37. The lowest BCUT2D eigenvalue weighted by Gasteiger charge is -2.41. The minimum Gasteiger partial charge on any atom is -0.320 e. The summed E-state index contributed by atoms with van der Waals surface area (Å²) in [5.74, 6) is -0.246. The van der Waals surface area contributed by atoms with E-state index < -0.39 is 5.54 Å². The van der Waals surface area contributed by atoms with Crippen molar-refractivity contribution in [3.63, 3.8) is 0 Å². The zero-order valence-corrected chi connectivity index (χ0v) is 12.9. The second-order valence-electron chi connectivity index (χ2n) is 5.65. The average molecular weight is 286 g/mol. The highest BCUT2D eigenvalue weighted by atomic mass is 19.1. The number of nitrogens with two attached hydrogens (primary N) is 1. The van der Waals surface area contributed by atoms with Gasteiger partial charge < -0.3 is 10.6 Å². The SMILES string of the molecule is CCC(N)(c1ccccc1F)C(c1ccccc1)N(C)C. The van der Waals surface area contributed by atoms with Gasteiger partial charge in [0.05, 0.1) is 11.6 Å². The minimum atomic E-state index is -0.782. The van der Waals surface area contributed by atoms with Gasteiger partial charge in [-0.1, -0.05) is 55.5 Å². The fourth-order valence-electron chi connectivity index (χ4n) is 3.06. The highest BCUT2D eigenvalue weighted by molar-refractivity contribution is 5.33. The summed E-state index contributed by atoms with van der Waals surface area (Å²) < 4.78 is 14.3. The standard InChI is InChI=1S/C18H23FN2/c1-4-18(20,15-12-8-9-13-16(15)19)17(21(2)3)14-10-6-5-7-11-14/h5-13,17H,4,20H2,1-3H3. The van der Waals surface area contributed by atoms with E-state index >= 15 is 0 Å². The Morgan fingerprint density at radius 2 is 1.62 bits per heavy atom. The highest BCUT2D eigenvalue weighted by Crippen LogP contribution is 2.39. The van der Waals surface area contributed by atoms with Crippen molar-refractivity contribution in [3.8, 4) is 0 Å². The van der Waals surface area contributed by atoms with Crippen LogP contribution < -0.4 is 5.73 Å². The molecule has 112 valence electrons. The number of halogens is 1. The smallest absolute Gasteiger partial charge is 0.128 e. The van der Waals surface area contributed by atoms with Gasteiger partial charge in [-0.2, -0.15) is 0 Å². The third-order valence-corrected chi connectivity index (χ3v) is 4.08. The molecule has 0 bridgehead atoms. The monoisotopic (exact) mass is 286 g/mol. The van der Waals surface area contributed by atoms with Gasteiger partial charge in [-0.3, -0.25) is 0 Å². The lowest BCUT2D eigenvalue weighted by molar-refractivity contribution is 0.168. The third-order valence-electron chi connectivity index (χ3n) is 4.08. The number of benzene rings is 2. The maximum absolute atomic E-state index is 14.3. The van der Waals surface area contributed by atoms with Gasteiger partial charge >= 0.3 is 0 Å². The van der Waals surface area contributed by atoms with Gasteiger partial charge in [-0.05, 0) is 32.1 Å². The lowest BCUT2D eigenvalue weighted by atomic mass is 9.77. The van der Waals surface area contributed by atoms with Gasteiger partial charge in [-0.15, -0.1) is 0 Å². The first-order valence-corrected chi connectivity index (χ1v) is 7.26. The van der Waals surface area contributed by atoms with E-state index in [0.717, 1.165) is 5.56 Å². The number of nitrogens with zero attached hydrogens (tertiary/aromatic N) is 1. The summed E-state index contributed by atoms with van der Waals surface area (Å²) in [6, 6.07) is 16.8. The van der Waals surface area contributed by atoms with Crippen molar-refractivity contribution in [3.05, 3.63) is 71.5 Å². The predicted octanol–water partition coefficient (Wildman–Crippen LogP) is 3.69. The Morgan fingerprint density at radius 1 is 1.05 bits per heavy atom. The van der Waals surface area contributed by atoms with Crippen LogP contribution in [0, 0.1) is 5.82 Å². The van der Waals surface area contributed by atoms with Crippen LogP contribution in [0.4, 0.5) is 4.39 Å². The fourth-order valence-corrected chi connectivity index (χ4v) is 3.06. The van der Waals surface area contributed by atoms with Crippen LogP contribution in [0.3, 0.4) is 0 Å². The molecule has 21 heavy (non-hydrogen) atoms. The van der Waals surface area contributed by atoms with E-state index in [0.29, 0.717) is 12.0 Å². The summed E-state index contributed by atoms with van der Waals surface area (Å²) in [5, 5.41) is 0. The molecule has 2 unspecified atom stereocenters. The molecule has 0 spiro atoms. The van der Waals surface area contributed by atoms with Gasteiger partial charge in [0, 0.05) is 5.56 Å². The van der Waals surface area contributed by atoms with Crippen LogP contribution in [0.5, 0.6) is 0 Å². The number of hydrogen-bond donors (Lipinski definition) is 1. The van der Waals surface area contributed by atoms with Crippen molar-refractivity contribution < 1.29 is 4.39 Å². The van der Waals surface area contributed by atoms with E-state index in [2.05, 4.69) is 4.90 Å². The minimum absolute atomic E-state index is 0.0967. The average Bonchev–Trinajstić information content (AvgIpc) is 2.48. The molecule has 0 saturated carbocycles. The molecule has 2 N–H and O–H groups in total. The quantitative estimate of drug-likeness (QED) is 0.908. The van der Waals surface area contributed by atoms with Crippen molar-refractivity contribution in [1.29, 1.82) is 0 Å². The number of rotatable bonds is 5. The summed E-state index contributed by atoms with van der Waals surface area (Å²) in [7, 11) is 3.96. The Bertz CT molecular complexity index is 583. The molecule has 2 aromatic carbocycles. The number of hydrogen-bond acceptors (Lipinski definition) is 2. The highest BCUT2D eigenvalue weighted by Gasteiger charge is 2.39. The van der Waals surface area contributed by atoms with Gasteiger partial charge in [0.2, 0.25) is 0 Å². The molecule has 0 fully saturated rings. The molecule has 0 aromatic heterocycles. The topological polar surface area (TPSA) is 29.3 Å². The molecule has 2 rings (SSSR count). The molecule has 0 aliphatic heterocycles. The van der Waals surface area contributed by atoms with E-state index in [1.807, 2.05) is 57.4 Å². The summed E-state index contributed by atoms with van der Waals surface area (Å²) in [4.78, 5) is 2.06. The molecule has 0 aliphatic carbocycles. The first-order valence-electron chi connectivity index (χ1n) is 7.26. The molecule has 0 radical (unpaired) electrons. The van der Waals surface area contributed by atoms with Gasteiger partial charge in [0.25, 0.3) is 0 Å². The van der Waals surface area contributed by atoms with Crippen LogP contribution in [-0.4, -0.2) is 19.0 Å². The maximum atomic E-state index is 14.3. The Balaban J connectivity index is 2.58. The van der Waals surface area contributed by atoms with Crippen molar-refractivity contribution >= 4 is 0 Å². The summed E-state index contributed by atoms with van der Waals surface area (Å²) in [6.45, 7) is 2.01. The van der Waals surface area contributed by atoms with Gasteiger partial charge in [0.1, 0.15) is 5.82 Å². The molecule has 3 heteroatoms. The first-order chi connectivity index (χ1) is 10.0. The Morgan fingerprint density at radius 3 is 2.14 bits per heavy atom. The zero-order valence-electron chi connectivity index (χ0n) is 12.9. The zero-order chi connectivity index (χ0) is 15.5. The summed E-state index contributed by atoms with van der Waals surface area (Å²) in [6.07, 6.45) is 0.645. The second-order valence-corrected chi connectivity index (χ2v) is 5.65. The Labute approximate surface area is 126 Å². The molecule has 0 amide bonds. The molecule has 0 saturated heterocycles. The van der Waals surface area contributed by atoms with Crippen LogP contribution in [0.15, 0.2) is 54.6 Å². The summed E-state index contributed by atoms with van der Waals surface area (Å²) in [5.41, 5.74) is 7.59. The van der Waals surface area contributed by atoms with Crippen LogP contribution >= 0.6 is 0 Å². The van der Waals surface area contributed by atoms with Crippen molar-refractivity contribution in [1.82, 2.24) is 4.90 Å². The predicted molar refractivity (Wildman–Crippen MR) is 85.4 cm³/mol. The van der Waals surface area contributed by atoms with Crippen molar-refractivity contribution in [2.24, 2.45) is 5.73 Å². The Hall–Kier alpha value is -1.71. The van der Waals surface area contributed by atoms with E-state index in [4.69, 9.17) is 5.73 Å². The van der Waals surface area contributed by atoms with Crippen LogP contribution in [0.25, 0.3) is 0 Å². The third kappa shape index (κ3) is 2.99. The molecule has 2 atom stereocenters. The molecular weight excluding hydrogens is 263 g/mol. The number of likely N-dealkylation sites (N-methyl/N-ethyl adjacent to an activating group) is 1. The van der Waals surface area contributed by atoms with E-state index in [1.54, 1.807) is 12.1 Å². The molecule has 0 heterocycles. The van der Waals surface area contributed by atoms with Crippen LogP contribution in [-0.2, 0) is 5.54 Å². The van der Waals surface area contributed by atoms with Crippen molar-refractivity contribution in [2.75, 3.05) is 14.1 Å². The summed E-state index contributed by atoms with van der Waals surface area (Å²) >= 11 is 0. The van der Waals surface area contributed by atoms with E-state index in [-0.39, 0.29) is 11.9 Å². The Kier molecular flexibility index (Phi) is 4.76. The van der Waals surface area contributed by atoms with Crippen molar-refractivity contribution in [2.45, 2.75) is 24.9 Å². The first kappa shape index (κ1) is 15.7. The van der Waals surface area contributed by atoms with E-state index in [9.17, 15) is 4.39 Å². The molecular formula is C18H23FN2. The van der Waals surface area contributed by atoms with Crippen LogP contribution in [0.1, 0.15) is 30.5 Å². The fraction of sp³-hybridized carbons (Fsp3) is 0.333. The molecule has 2 nitrogen and oxygen atoms in total. The maximum Gasteiger partial charge on any atom is 0.128 e. The van der Waals surface area contributed by atoms with Gasteiger partial charge in [-0.25, -0.2) is 4.39 Å². The molecule has 2 aromatic rings. The van der Waals surface area contributed by atoms with E-state index in [1.165, 1.54) is 6.07 Å². The van der Waals surface area contributed by atoms with Gasteiger partial charge in [0.15, 0.2) is 0 Å². The lowest BCUT2D eigenvalue weighted by Crippen LogP contribution is -2.48. The largest absolute Gasteiger partial charge is 0.320 e. The molecule has 0 aliphatic rings.